The fourth-order valence-electron chi connectivity index (χ4n) is 3.46. The van der Waals surface area contributed by atoms with Crippen molar-refractivity contribution in [2.24, 2.45) is 0 Å². The maximum Gasteiger partial charge on any atom is 0.222 e. The minimum absolute atomic E-state index is 0.284. The smallest absolute Gasteiger partial charge is 0.222 e. The highest BCUT2D eigenvalue weighted by molar-refractivity contribution is 5.78. The zero-order valence-electron chi connectivity index (χ0n) is 15.9. The third kappa shape index (κ3) is 4.43. The van der Waals surface area contributed by atoms with Crippen LogP contribution in [0.5, 0.6) is 0 Å². The van der Waals surface area contributed by atoms with Crippen molar-refractivity contribution in [1.82, 2.24) is 24.8 Å². The molecule has 0 aliphatic carbocycles. The van der Waals surface area contributed by atoms with Crippen LogP contribution in [0.2, 0.25) is 0 Å². The molecule has 3 heterocycles. The van der Waals surface area contributed by atoms with Gasteiger partial charge in [0.15, 0.2) is 0 Å². The molecular weight excluding hydrogens is 340 g/mol. The number of para-hydroxylation sites is 1. The summed E-state index contributed by atoms with van der Waals surface area (Å²) >= 11 is 0. The van der Waals surface area contributed by atoms with Gasteiger partial charge in [-0.2, -0.15) is 0 Å². The Kier molecular flexibility index (Phi) is 5.31. The molecule has 4 rings (SSSR count). The van der Waals surface area contributed by atoms with Crippen molar-refractivity contribution >= 4 is 17.0 Å². The molecule has 0 bridgehead atoms. The first-order valence-electron chi connectivity index (χ1n) is 9.46. The third-order valence-corrected chi connectivity index (χ3v) is 4.85. The molecular formula is C20H26N6O. The second kappa shape index (κ2) is 8.02. The molecule has 1 saturated heterocycles. The SMILES string of the molecule is Cc1cccc2[nH]c(CN(C)Cc3cnc(NC[C@@H]4CCCO4)nc3)nc12. The molecule has 2 aromatic heterocycles. The van der Waals surface area contributed by atoms with Gasteiger partial charge >= 0.3 is 0 Å². The second-order valence-corrected chi connectivity index (χ2v) is 7.26. The van der Waals surface area contributed by atoms with E-state index in [4.69, 9.17) is 9.72 Å². The Morgan fingerprint density at radius 2 is 2.11 bits per heavy atom. The number of anilines is 1. The molecule has 0 amide bonds. The van der Waals surface area contributed by atoms with Gasteiger partial charge in [-0.25, -0.2) is 15.0 Å². The van der Waals surface area contributed by atoms with Crippen molar-refractivity contribution in [1.29, 1.82) is 0 Å². The van der Waals surface area contributed by atoms with Crippen LogP contribution in [0.25, 0.3) is 11.0 Å². The number of hydrogen-bond donors (Lipinski definition) is 2. The van der Waals surface area contributed by atoms with Gasteiger partial charge in [0.05, 0.1) is 23.7 Å². The summed E-state index contributed by atoms with van der Waals surface area (Å²) in [7, 11) is 2.07. The number of rotatable bonds is 7. The average molecular weight is 366 g/mol. The van der Waals surface area contributed by atoms with Crippen LogP contribution in [-0.4, -0.2) is 51.1 Å². The van der Waals surface area contributed by atoms with E-state index >= 15 is 0 Å². The number of nitrogens with zero attached hydrogens (tertiary/aromatic N) is 4. The number of fused-ring (bicyclic) bond motifs is 1. The molecule has 0 radical (unpaired) electrons. The summed E-state index contributed by atoms with van der Waals surface area (Å²) in [5.74, 6) is 1.63. The summed E-state index contributed by atoms with van der Waals surface area (Å²) in [6, 6.07) is 6.20. The number of imidazole rings is 1. The zero-order chi connectivity index (χ0) is 18.6. The lowest BCUT2D eigenvalue weighted by Crippen LogP contribution is -2.20. The van der Waals surface area contributed by atoms with Crippen LogP contribution in [0.4, 0.5) is 5.95 Å². The summed E-state index contributed by atoms with van der Waals surface area (Å²) in [5.41, 5.74) is 4.40. The van der Waals surface area contributed by atoms with Gasteiger partial charge < -0.3 is 15.0 Å². The lowest BCUT2D eigenvalue weighted by Gasteiger charge is -2.15. The molecule has 1 atom stereocenters. The van der Waals surface area contributed by atoms with Crippen LogP contribution in [0, 0.1) is 6.92 Å². The minimum Gasteiger partial charge on any atom is -0.376 e. The van der Waals surface area contributed by atoms with E-state index in [9.17, 15) is 0 Å². The lowest BCUT2D eigenvalue weighted by atomic mass is 10.2. The Balaban J connectivity index is 1.31. The van der Waals surface area contributed by atoms with E-state index in [-0.39, 0.29) is 6.10 Å². The molecule has 1 fully saturated rings. The van der Waals surface area contributed by atoms with Crippen LogP contribution in [0.1, 0.15) is 29.8 Å². The van der Waals surface area contributed by atoms with Crippen molar-refractivity contribution in [2.45, 2.75) is 39.0 Å². The number of nitrogens with one attached hydrogen (secondary N) is 2. The molecule has 1 aliphatic heterocycles. The molecule has 7 heteroatoms. The van der Waals surface area contributed by atoms with Crippen LogP contribution in [-0.2, 0) is 17.8 Å². The summed E-state index contributed by atoms with van der Waals surface area (Å²) < 4.78 is 5.60. The molecule has 3 aromatic rings. The van der Waals surface area contributed by atoms with E-state index in [0.29, 0.717) is 5.95 Å². The predicted octanol–water partition coefficient (Wildman–Crippen LogP) is 2.88. The first-order chi connectivity index (χ1) is 13.2. The van der Waals surface area contributed by atoms with Gasteiger partial charge in [-0.05, 0) is 38.4 Å². The summed E-state index contributed by atoms with van der Waals surface area (Å²) in [5, 5.41) is 3.25. The fourth-order valence-corrected chi connectivity index (χ4v) is 3.46. The number of H-pyrrole nitrogens is 1. The molecule has 1 aromatic carbocycles. The molecule has 2 N–H and O–H groups in total. The van der Waals surface area contributed by atoms with Crippen molar-refractivity contribution in [2.75, 3.05) is 25.5 Å². The van der Waals surface area contributed by atoms with Crippen molar-refractivity contribution < 1.29 is 4.74 Å². The maximum atomic E-state index is 5.60. The summed E-state index contributed by atoms with van der Waals surface area (Å²) in [6.45, 7) is 5.23. The molecule has 27 heavy (non-hydrogen) atoms. The maximum absolute atomic E-state index is 5.60. The Morgan fingerprint density at radius 3 is 2.85 bits per heavy atom. The normalized spacial score (nSPS) is 17.1. The van der Waals surface area contributed by atoms with Crippen LogP contribution < -0.4 is 5.32 Å². The van der Waals surface area contributed by atoms with Gasteiger partial charge in [-0.3, -0.25) is 4.90 Å². The minimum atomic E-state index is 0.284. The Morgan fingerprint density at radius 1 is 1.26 bits per heavy atom. The van der Waals surface area contributed by atoms with Gasteiger partial charge in [0.1, 0.15) is 5.82 Å². The largest absolute Gasteiger partial charge is 0.376 e. The highest BCUT2D eigenvalue weighted by atomic mass is 16.5. The van der Waals surface area contributed by atoms with Gasteiger partial charge in [0.25, 0.3) is 0 Å². The van der Waals surface area contributed by atoms with Gasteiger partial charge in [-0.15, -0.1) is 0 Å². The molecule has 0 saturated carbocycles. The zero-order valence-corrected chi connectivity index (χ0v) is 15.9. The van der Waals surface area contributed by atoms with E-state index in [1.54, 1.807) is 0 Å². The standard InChI is InChI=1S/C20H26N6O/c1-14-5-3-7-17-19(14)25-18(24-17)13-26(2)12-15-9-21-20(22-10-15)23-11-16-6-4-8-27-16/h3,5,7,9-10,16H,4,6,8,11-13H2,1-2H3,(H,24,25)(H,21,22,23)/t16-/m0/s1. The Hall–Kier alpha value is -2.51. The molecule has 0 unspecified atom stereocenters. The van der Waals surface area contributed by atoms with Crippen LogP contribution in [0.15, 0.2) is 30.6 Å². The number of aromatic amines is 1. The quantitative estimate of drug-likeness (QED) is 0.669. The number of aryl methyl sites for hydroxylation is 1. The van der Waals surface area contributed by atoms with Gasteiger partial charge in [-0.1, -0.05) is 12.1 Å². The van der Waals surface area contributed by atoms with E-state index in [1.165, 1.54) is 5.56 Å². The van der Waals surface area contributed by atoms with E-state index in [0.717, 1.165) is 61.5 Å². The highest BCUT2D eigenvalue weighted by Gasteiger charge is 2.15. The average Bonchev–Trinajstić information content (AvgIpc) is 3.31. The van der Waals surface area contributed by atoms with Crippen molar-refractivity contribution in [3.05, 3.63) is 47.5 Å². The second-order valence-electron chi connectivity index (χ2n) is 7.26. The fraction of sp³-hybridized carbons (Fsp3) is 0.450. The predicted molar refractivity (Wildman–Crippen MR) is 105 cm³/mol. The lowest BCUT2D eigenvalue weighted by molar-refractivity contribution is 0.120. The number of ether oxygens (including phenoxy) is 1. The van der Waals surface area contributed by atoms with Gasteiger partial charge in [0.2, 0.25) is 5.95 Å². The Bertz CT molecular complexity index is 885. The van der Waals surface area contributed by atoms with Crippen molar-refractivity contribution in [3.63, 3.8) is 0 Å². The summed E-state index contributed by atoms with van der Waals surface area (Å²) in [4.78, 5) is 19.2. The summed E-state index contributed by atoms with van der Waals surface area (Å²) in [6.07, 6.45) is 6.29. The number of benzene rings is 1. The monoisotopic (exact) mass is 366 g/mol. The van der Waals surface area contributed by atoms with E-state index < -0.39 is 0 Å². The molecule has 0 spiro atoms. The topological polar surface area (TPSA) is 79.0 Å². The number of hydrogen-bond acceptors (Lipinski definition) is 6. The van der Waals surface area contributed by atoms with Gasteiger partial charge in [0, 0.05) is 37.7 Å². The van der Waals surface area contributed by atoms with E-state index in [1.807, 2.05) is 12.4 Å². The first-order valence-corrected chi connectivity index (χ1v) is 9.46. The highest BCUT2D eigenvalue weighted by Crippen LogP contribution is 2.17. The molecule has 142 valence electrons. The third-order valence-electron chi connectivity index (χ3n) is 4.85. The molecule has 1 aliphatic rings. The van der Waals surface area contributed by atoms with E-state index in [2.05, 4.69) is 57.3 Å². The molecule has 7 nitrogen and oxygen atoms in total. The van der Waals surface area contributed by atoms with Crippen LogP contribution in [0.3, 0.4) is 0 Å². The van der Waals surface area contributed by atoms with Crippen molar-refractivity contribution in [3.8, 4) is 0 Å². The first kappa shape index (κ1) is 17.9. The van der Waals surface area contributed by atoms with Crippen LogP contribution >= 0.6 is 0 Å². The number of aromatic nitrogens is 4. The Labute approximate surface area is 159 Å².